The van der Waals surface area contributed by atoms with E-state index in [0.29, 0.717) is 11.6 Å². The van der Waals surface area contributed by atoms with E-state index in [0.717, 1.165) is 17.4 Å². The molecule has 1 fully saturated rings. The zero-order chi connectivity index (χ0) is 14.2. The fourth-order valence-electron chi connectivity index (χ4n) is 2.24. The number of nitrogens with zero attached hydrogens (tertiary/aromatic N) is 2. The van der Waals surface area contributed by atoms with Crippen molar-refractivity contribution in [2.24, 2.45) is 5.92 Å². The Labute approximate surface area is 114 Å². The summed E-state index contributed by atoms with van der Waals surface area (Å²) in [6.45, 7) is 6.24. The van der Waals surface area contributed by atoms with Crippen molar-refractivity contribution in [1.29, 1.82) is 0 Å². The quantitative estimate of drug-likeness (QED) is 0.885. The van der Waals surface area contributed by atoms with Crippen LogP contribution in [0, 0.1) is 5.92 Å². The predicted octanol–water partition coefficient (Wildman–Crippen LogP) is 3.14. The first-order valence-corrected chi connectivity index (χ1v) is 6.88. The third-order valence-corrected chi connectivity index (χ3v) is 3.95. The molecule has 1 atom stereocenters. The molecule has 4 nitrogen and oxygen atoms in total. The fraction of sp³-hybridized carbons (Fsp3) is 0.600. The molecule has 1 heterocycles. The smallest absolute Gasteiger partial charge is 0.335 e. The molecule has 19 heavy (non-hydrogen) atoms. The van der Waals surface area contributed by atoms with Gasteiger partial charge in [-0.15, -0.1) is 0 Å². The van der Waals surface area contributed by atoms with Crippen molar-refractivity contribution >= 4 is 11.8 Å². The second-order valence-electron chi connectivity index (χ2n) is 5.79. The molecule has 1 N–H and O–H groups in total. The number of pyridine rings is 1. The molecule has 0 aromatic carbocycles. The first kappa shape index (κ1) is 13.8. The molecule has 1 unspecified atom stereocenters. The summed E-state index contributed by atoms with van der Waals surface area (Å²) in [7, 11) is 2.00. The lowest BCUT2D eigenvalue weighted by Gasteiger charge is -2.27. The van der Waals surface area contributed by atoms with Crippen LogP contribution in [-0.2, 0) is 0 Å². The lowest BCUT2D eigenvalue weighted by atomic mass is 10.1. The Morgan fingerprint density at radius 2 is 2.00 bits per heavy atom. The van der Waals surface area contributed by atoms with Crippen LogP contribution in [0.5, 0.6) is 0 Å². The number of hydrogen-bond donors (Lipinski definition) is 1. The Balaban J connectivity index is 2.34. The minimum atomic E-state index is -0.891. The van der Waals surface area contributed by atoms with Crippen LogP contribution in [0.25, 0.3) is 0 Å². The van der Waals surface area contributed by atoms with Gasteiger partial charge in [0.15, 0.2) is 0 Å². The van der Waals surface area contributed by atoms with Crippen molar-refractivity contribution in [3.05, 3.63) is 23.4 Å². The van der Waals surface area contributed by atoms with Crippen LogP contribution in [0.3, 0.4) is 0 Å². The van der Waals surface area contributed by atoms with Crippen molar-refractivity contribution in [1.82, 2.24) is 4.98 Å². The van der Waals surface area contributed by atoms with Gasteiger partial charge in [0.05, 0.1) is 5.56 Å². The maximum Gasteiger partial charge on any atom is 0.335 e. The molecule has 0 radical (unpaired) electrons. The first-order chi connectivity index (χ1) is 8.90. The third-order valence-electron chi connectivity index (χ3n) is 3.95. The van der Waals surface area contributed by atoms with E-state index in [9.17, 15) is 9.90 Å². The second-order valence-corrected chi connectivity index (χ2v) is 5.79. The van der Waals surface area contributed by atoms with E-state index < -0.39 is 5.97 Å². The summed E-state index contributed by atoms with van der Waals surface area (Å²) in [5.74, 6) is 0.825. The van der Waals surface area contributed by atoms with Gasteiger partial charge in [-0.25, -0.2) is 9.78 Å². The number of aromatic carboxylic acids is 1. The number of rotatable bonds is 5. The van der Waals surface area contributed by atoms with Crippen molar-refractivity contribution in [2.45, 2.75) is 45.6 Å². The lowest BCUT2D eigenvalue weighted by Crippen LogP contribution is -2.31. The van der Waals surface area contributed by atoms with E-state index in [4.69, 9.17) is 0 Å². The third kappa shape index (κ3) is 3.06. The SMILES string of the molecule is CC(C)c1cc(C(=O)O)cc(N(C)C(C)C2CC2)n1. The standard InChI is InChI=1S/C15H22N2O2/c1-9(2)13-7-12(15(18)19)8-14(16-13)17(4)10(3)11-5-6-11/h7-11H,5-6H2,1-4H3,(H,18,19). The molecule has 1 aromatic heterocycles. The second kappa shape index (κ2) is 5.19. The Bertz CT molecular complexity index is 481. The molecule has 104 valence electrons. The molecule has 0 saturated heterocycles. The normalized spacial score (nSPS) is 16.5. The highest BCUT2D eigenvalue weighted by Gasteiger charge is 2.31. The number of aromatic nitrogens is 1. The van der Waals surface area contributed by atoms with Gasteiger partial charge >= 0.3 is 5.97 Å². The van der Waals surface area contributed by atoms with Gasteiger partial charge < -0.3 is 10.0 Å². The van der Waals surface area contributed by atoms with Crippen LogP contribution in [0.1, 0.15) is 55.6 Å². The Kier molecular flexibility index (Phi) is 3.78. The summed E-state index contributed by atoms with van der Waals surface area (Å²) in [4.78, 5) is 17.9. The Hall–Kier alpha value is -1.58. The summed E-state index contributed by atoms with van der Waals surface area (Å²) >= 11 is 0. The molecule has 0 bridgehead atoms. The van der Waals surface area contributed by atoms with Crippen molar-refractivity contribution < 1.29 is 9.90 Å². The van der Waals surface area contributed by atoms with Gasteiger partial charge in [0.25, 0.3) is 0 Å². The van der Waals surface area contributed by atoms with E-state index in [1.807, 2.05) is 20.9 Å². The van der Waals surface area contributed by atoms with Gasteiger partial charge in [-0.05, 0) is 43.7 Å². The van der Waals surface area contributed by atoms with Crippen molar-refractivity contribution in [3.63, 3.8) is 0 Å². The summed E-state index contributed by atoms with van der Waals surface area (Å²) in [5.41, 5.74) is 1.16. The summed E-state index contributed by atoms with van der Waals surface area (Å²) in [6, 6.07) is 3.76. The number of anilines is 1. The highest BCUT2D eigenvalue weighted by atomic mass is 16.4. The molecule has 0 aliphatic heterocycles. The van der Waals surface area contributed by atoms with Gasteiger partial charge in [-0.1, -0.05) is 13.8 Å². The Morgan fingerprint density at radius 3 is 2.47 bits per heavy atom. The molecule has 1 saturated carbocycles. The molecule has 0 spiro atoms. The zero-order valence-electron chi connectivity index (χ0n) is 12.1. The first-order valence-electron chi connectivity index (χ1n) is 6.88. The summed E-state index contributed by atoms with van der Waals surface area (Å²) in [6.07, 6.45) is 2.53. The summed E-state index contributed by atoms with van der Waals surface area (Å²) < 4.78 is 0. The van der Waals surface area contributed by atoms with Crippen LogP contribution in [0.2, 0.25) is 0 Å². The van der Waals surface area contributed by atoms with Gasteiger partial charge in [-0.3, -0.25) is 0 Å². The molecule has 4 heteroatoms. The van der Waals surface area contributed by atoms with Crippen LogP contribution in [0.4, 0.5) is 5.82 Å². The average Bonchev–Trinajstić information content (AvgIpc) is 3.20. The molecule has 1 aliphatic rings. The molecule has 1 aliphatic carbocycles. The summed E-state index contributed by atoms with van der Waals surface area (Å²) in [5, 5.41) is 9.21. The van der Waals surface area contributed by atoms with Gasteiger partial charge in [0.1, 0.15) is 5.82 Å². The van der Waals surface area contributed by atoms with E-state index in [1.165, 1.54) is 12.8 Å². The van der Waals surface area contributed by atoms with Crippen LogP contribution in [-0.4, -0.2) is 29.1 Å². The van der Waals surface area contributed by atoms with Crippen molar-refractivity contribution in [3.8, 4) is 0 Å². The monoisotopic (exact) mass is 262 g/mol. The fourth-order valence-corrected chi connectivity index (χ4v) is 2.24. The molecular formula is C15H22N2O2. The lowest BCUT2D eigenvalue weighted by molar-refractivity contribution is 0.0696. The zero-order valence-corrected chi connectivity index (χ0v) is 12.1. The molecule has 0 amide bonds. The highest BCUT2D eigenvalue weighted by molar-refractivity contribution is 5.88. The maximum absolute atomic E-state index is 11.2. The molecule has 2 rings (SSSR count). The van der Waals surface area contributed by atoms with Gasteiger partial charge in [-0.2, -0.15) is 0 Å². The number of carboxylic acid groups (broad SMARTS) is 1. The average molecular weight is 262 g/mol. The highest BCUT2D eigenvalue weighted by Crippen LogP contribution is 2.36. The predicted molar refractivity (Wildman–Crippen MR) is 75.9 cm³/mol. The van der Waals surface area contributed by atoms with Gasteiger partial charge in [0, 0.05) is 18.8 Å². The van der Waals surface area contributed by atoms with Crippen LogP contribution >= 0.6 is 0 Å². The Morgan fingerprint density at radius 1 is 1.37 bits per heavy atom. The van der Waals surface area contributed by atoms with Crippen molar-refractivity contribution in [2.75, 3.05) is 11.9 Å². The molecule has 1 aromatic rings. The number of hydrogen-bond acceptors (Lipinski definition) is 3. The van der Waals surface area contributed by atoms with E-state index >= 15 is 0 Å². The van der Waals surface area contributed by atoms with Crippen LogP contribution < -0.4 is 4.90 Å². The van der Waals surface area contributed by atoms with E-state index in [-0.39, 0.29) is 5.92 Å². The minimum Gasteiger partial charge on any atom is -0.478 e. The number of carboxylic acids is 1. The minimum absolute atomic E-state index is 0.225. The largest absolute Gasteiger partial charge is 0.478 e. The van der Waals surface area contributed by atoms with Gasteiger partial charge in [0.2, 0.25) is 0 Å². The number of carbonyl (C=O) groups is 1. The van der Waals surface area contributed by atoms with E-state index in [2.05, 4.69) is 16.8 Å². The van der Waals surface area contributed by atoms with E-state index in [1.54, 1.807) is 12.1 Å². The molecular weight excluding hydrogens is 240 g/mol. The maximum atomic E-state index is 11.2. The topological polar surface area (TPSA) is 53.4 Å². The van der Waals surface area contributed by atoms with Crippen LogP contribution in [0.15, 0.2) is 12.1 Å².